The molecule has 5 heteroatoms. The summed E-state index contributed by atoms with van der Waals surface area (Å²) in [6, 6.07) is 4.51. The molecule has 19 heavy (non-hydrogen) atoms. The van der Waals surface area contributed by atoms with Crippen molar-refractivity contribution in [2.75, 3.05) is 7.05 Å². The number of rotatable bonds is 4. The normalized spacial score (nSPS) is 12.7. The molecule has 0 spiro atoms. The number of hydrogen-bond donors (Lipinski definition) is 1. The van der Waals surface area contributed by atoms with Gasteiger partial charge in [0.15, 0.2) is 0 Å². The van der Waals surface area contributed by atoms with Crippen LogP contribution in [0.3, 0.4) is 0 Å². The molecule has 2 rings (SSSR count). The molecule has 1 heterocycles. The number of likely N-dealkylation sites (N-methyl/N-ethyl adjacent to an activating group) is 1. The lowest BCUT2D eigenvalue weighted by Gasteiger charge is -2.16. The molecule has 1 unspecified atom stereocenters. The molecule has 0 saturated carbocycles. The van der Waals surface area contributed by atoms with E-state index in [-0.39, 0.29) is 11.9 Å². The maximum absolute atomic E-state index is 13.9. The lowest BCUT2D eigenvalue weighted by Crippen LogP contribution is -2.20. The smallest absolute Gasteiger partial charge is 0.128 e. The van der Waals surface area contributed by atoms with Crippen molar-refractivity contribution in [1.29, 1.82) is 0 Å². The van der Waals surface area contributed by atoms with Crippen molar-refractivity contribution < 1.29 is 4.39 Å². The van der Waals surface area contributed by atoms with Crippen molar-refractivity contribution in [2.24, 2.45) is 0 Å². The average Bonchev–Trinajstić information content (AvgIpc) is 2.69. The van der Waals surface area contributed by atoms with Crippen LogP contribution in [0.25, 0.3) is 0 Å². The second-order valence-electron chi connectivity index (χ2n) is 4.46. The monoisotopic (exact) mass is 298 g/mol. The Hall–Kier alpha value is -0.970. The molecule has 0 saturated heterocycles. The maximum atomic E-state index is 13.9. The molecule has 1 aromatic carbocycles. The Morgan fingerprint density at radius 1 is 1.42 bits per heavy atom. The zero-order chi connectivity index (χ0) is 14.0. The number of halogens is 2. The Morgan fingerprint density at radius 2 is 2.16 bits per heavy atom. The Kier molecular flexibility index (Phi) is 4.55. The predicted molar refractivity (Wildman–Crippen MR) is 78.5 cm³/mol. The van der Waals surface area contributed by atoms with Crippen LogP contribution in [0.4, 0.5) is 4.39 Å². The first-order chi connectivity index (χ1) is 9.01. The first kappa shape index (κ1) is 14.4. The van der Waals surface area contributed by atoms with E-state index in [2.05, 4.69) is 10.3 Å². The van der Waals surface area contributed by atoms with Crippen LogP contribution in [-0.2, 0) is 6.42 Å². The van der Waals surface area contributed by atoms with E-state index in [1.165, 1.54) is 10.9 Å². The Balaban J connectivity index is 2.27. The largest absolute Gasteiger partial charge is 0.313 e. The fraction of sp³-hybridized carbons (Fsp3) is 0.357. The summed E-state index contributed by atoms with van der Waals surface area (Å²) in [5.41, 5.74) is 1.63. The van der Waals surface area contributed by atoms with E-state index < -0.39 is 0 Å². The molecule has 0 fully saturated rings. The van der Waals surface area contributed by atoms with Crippen LogP contribution in [-0.4, -0.2) is 12.0 Å². The van der Waals surface area contributed by atoms with E-state index in [4.69, 9.17) is 11.6 Å². The fourth-order valence-electron chi connectivity index (χ4n) is 1.95. The molecule has 2 aromatic rings. The van der Waals surface area contributed by atoms with Gasteiger partial charge in [-0.05, 0) is 39.1 Å². The molecule has 0 aliphatic heterocycles. The topological polar surface area (TPSA) is 24.9 Å². The second-order valence-corrected chi connectivity index (χ2v) is 6.18. The Bertz CT molecular complexity index is 563. The summed E-state index contributed by atoms with van der Waals surface area (Å²) in [4.78, 5) is 5.70. The van der Waals surface area contributed by atoms with Gasteiger partial charge in [0.2, 0.25) is 0 Å². The van der Waals surface area contributed by atoms with Gasteiger partial charge in [-0.3, -0.25) is 0 Å². The van der Waals surface area contributed by atoms with E-state index >= 15 is 0 Å². The summed E-state index contributed by atoms with van der Waals surface area (Å²) < 4.78 is 13.9. The van der Waals surface area contributed by atoms with Gasteiger partial charge in [0.25, 0.3) is 0 Å². The highest BCUT2D eigenvalue weighted by Gasteiger charge is 2.17. The summed E-state index contributed by atoms with van der Waals surface area (Å²) >= 11 is 7.60. The van der Waals surface area contributed by atoms with Crippen LogP contribution in [0.15, 0.2) is 18.2 Å². The van der Waals surface area contributed by atoms with Gasteiger partial charge in [-0.1, -0.05) is 11.6 Å². The van der Waals surface area contributed by atoms with Crippen LogP contribution in [0.2, 0.25) is 5.02 Å². The van der Waals surface area contributed by atoms with Gasteiger partial charge in [-0.2, -0.15) is 0 Å². The quantitative estimate of drug-likeness (QED) is 0.921. The predicted octanol–water partition coefficient (Wildman–Crippen LogP) is 4.06. The molecular weight excluding hydrogens is 283 g/mol. The van der Waals surface area contributed by atoms with Crippen LogP contribution in [0.1, 0.15) is 27.2 Å². The number of aryl methyl sites for hydroxylation is 2. The average molecular weight is 299 g/mol. The summed E-state index contributed by atoms with van der Waals surface area (Å²) in [6.07, 6.45) is 0.660. The number of hydrogen-bond acceptors (Lipinski definition) is 3. The SMILES string of the molecule is CNC(Cc1nc(C)c(C)s1)c1cc(Cl)ccc1F. The molecule has 1 atom stereocenters. The lowest BCUT2D eigenvalue weighted by molar-refractivity contribution is 0.533. The van der Waals surface area contributed by atoms with E-state index in [9.17, 15) is 4.39 Å². The van der Waals surface area contributed by atoms with Gasteiger partial charge in [0.1, 0.15) is 5.82 Å². The number of aromatic nitrogens is 1. The van der Waals surface area contributed by atoms with Crippen LogP contribution >= 0.6 is 22.9 Å². The minimum atomic E-state index is -0.242. The summed E-state index contributed by atoms with van der Waals surface area (Å²) in [5, 5.41) is 4.68. The highest BCUT2D eigenvalue weighted by atomic mass is 35.5. The Labute approximate surface area is 121 Å². The summed E-state index contributed by atoms with van der Waals surface area (Å²) in [6.45, 7) is 4.04. The molecule has 1 N–H and O–H groups in total. The molecule has 1 aromatic heterocycles. The number of benzene rings is 1. The minimum absolute atomic E-state index is 0.122. The van der Waals surface area contributed by atoms with Crippen molar-refractivity contribution in [3.8, 4) is 0 Å². The van der Waals surface area contributed by atoms with E-state index in [1.807, 2.05) is 20.9 Å². The van der Waals surface area contributed by atoms with Crippen molar-refractivity contribution in [2.45, 2.75) is 26.3 Å². The van der Waals surface area contributed by atoms with E-state index in [0.29, 0.717) is 17.0 Å². The van der Waals surface area contributed by atoms with Gasteiger partial charge in [-0.15, -0.1) is 11.3 Å². The highest BCUT2D eigenvalue weighted by Crippen LogP contribution is 2.26. The second kappa shape index (κ2) is 5.99. The number of nitrogens with zero attached hydrogens (tertiary/aromatic N) is 1. The summed E-state index contributed by atoms with van der Waals surface area (Å²) in [7, 11) is 1.82. The maximum Gasteiger partial charge on any atom is 0.128 e. The third-order valence-electron chi connectivity index (χ3n) is 3.13. The van der Waals surface area contributed by atoms with Crippen molar-refractivity contribution in [1.82, 2.24) is 10.3 Å². The van der Waals surface area contributed by atoms with Gasteiger partial charge in [-0.25, -0.2) is 9.37 Å². The molecule has 102 valence electrons. The van der Waals surface area contributed by atoms with Gasteiger partial charge < -0.3 is 5.32 Å². The zero-order valence-corrected chi connectivity index (χ0v) is 12.7. The third-order valence-corrected chi connectivity index (χ3v) is 4.46. The number of nitrogens with one attached hydrogen (secondary N) is 1. The first-order valence-corrected chi connectivity index (χ1v) is 7.26. The highest BCUT2D eigenvalue weighted by molar-refractivity contribution is 7.11. The Morgan fingerprint density at radius 3 is 2.74 bits per heavy atom. The molecule has 0 aliphatic carbocycles. The van der Waals surface area contributed by atoms with Gasteiger partial charge in [0.05, 0.1) is 10.7 Å². The molecular formula is C14H16ClFN2S. The first-order valence-electron chi connectivity index (χ1n) is 6.06. The van der Waals surface area contributed by atoms with Crippen LogP contribution in [0.5, 0.6) is 0 Å². The van der Waals surface area contributed by atoms with Crippen molar-refractivity contribution in [3.05, 3.63) is 50.2 Å². The van der Waals surface area contributed by atoms with Gasteiger partial charge in [0, 0.05) is 27.9 Å². The van der Waals surface area contributed by atoms with Gasteiger partial charge >= 0.3 is 0 Å². The zero-order valence-electron chi connectivity index (χ0n) is 11.1. The summed E-state index contributed by atoms with van der Waals surface area (Å²) in [5.74, 6) is -0.242. The molecule has 0 radical (unpaired) electrons. The third kappa shape index (κ3) is 3.32. The van der Waals surface area contributed by atoms with E-state index in [0.717, 1.165) is 10.7 Å². The van der Waals surface area contributed by atoms with E-state index in [1.54, 1.807) is 23.5 Å². The lowest BCUT2D eigenvalue weighted by atomic mass is 10.0. The van der Waals surface area contributed by atoms with Crippen LogP contribution < -0.4 is 5.32 Å². The molecule has 2 nitrogen and oxygen atoms in total. The fourth-order valence-corrected chi connectivity index (χ4v) is 3.11. The number of thiazole rings is 1. The van der Waals surface area contributed by atoms with Crippen molar-refractivity contribution in [3.63, 3.8) is 0 Å². The minimum Gasteiger partial charge on any atom is -0.313 e. The van der Waals surface area contributed by atoms with Crippen LogP contribution in [0, 0.1) is 19.7 Å². The molecule has 0 aliphatic rings. The van der Waals surface area contributed by atoms with Crippen molar-refractivity contribution >= 4 is 22.9 Å². The molecule has 0 bridgehead atoms. The standard InChI is InChI=1S/C14H16ClFN2S/c1-8-9(2)19-14(18-8)7-13(17-3)11-6-10(15)4-5-12(11)16/h4-6,13,17H,7H2,1-3H3. The molecule has 0 amide bonds.